The molecule has 2 heterocycles. The summed E-state index contributed by atoms with van der Waals surface area (Å²) >= 11 is 5.99. The van der Waals surface area contributed by atoms with Gasteiger partial charge >= 0.3 is 0 Å². The summed E-state index contributed by atoms with van der Waals surface area (Å²) in [6, 6.07) is 9.36. The maximum absolute atomic E-state index is 12.4. The number of aryl methyl sites for hydroxylation is 2. The van der Waals surface area contributed by atoms with Crippen molar-refractivity contribution in [2.75, 3.05) is 5.73 Å². The summed E-state index contributed by atoms with van der Waals surface area (Å²) in [6.45, 7) is 4.78. The number of benzene rings is 1. The number of halogens is 1. The van der Waals surface area contributed by atoms with E-state index in [0.717, 1.165) is 22.4 Å². The Bertz CT molecular complexity index is 928. The maximum atomic E-state index is 12.4. The van der Waals surface area contributed by atoms with Crippen molar-refractivity contribution in [2.45, 2.75) is 26.9 Å². The van der Waals surface area contributed by atoms with Gasteiger partial charge in [-0.1, -0.05) is 23.7 Å². The molecule has 3 N–H and O–H groups in total. The highest BCUT2D eigenvalue weighted by Gasteiger charge is 2.11. The van der Waals surface area contributed by atoms with E-state index in [4.69, 9.17) is 17.3 Å². The highest BCUT2D eigenvalue weighted by atomic mass is 35.5. The van der Waals surface area contributed by atoms with Crippen LogP contribution in [0.5, 0.6) is 0 Å². The molecule has 26 heavy (non-hydrogen) atoms. The smallest absolute Gasteiger partial charge is 0.254 e. The number of nitrogens with zero attached hydrogens (tertiary/aromatic N) is 3. The average Bonchev–Trinajstić information content (AvgIpc) is 3.02. The van der Waals surface area contributed by atoms with Crippen LogP contribution in [0.25, 0.3) is 0 Å². The van der Waals surface area contributed by atoms with E-state index in [1.165, 1.54) is 0 Å². The van der Waals surface area contributed by atoms with Crippen molar-refractivity contribution in [1.29, 1.82) is 0 Å². The molecule has 6 nitrogen and oxygen atoms in total. The van der Waals surface area contributed by atoms with Crippen LogP contribution in [0, 0.1) is 13.8 Å². The lowest BCUT2D eigenvalue weighted by Gasteiger charge is -2.11. The number of nitrogens with two attached hydrogens (primary N) is 1. The monoisotopic (exact) mass is 369 g/mol. The summed E-state index contributed by atoms with van der Waals surface area (Å²) in [5.41, 5.74) is 10.1. The molecule has 0 saturated heterocycles. The van der Waals surface area contributed by atoms with E-state index in [1.54, 1.807) is 23.1 Å². The van der Waals surface area contributed by atoms with Crippen LogP contribution in [0.3, 0.4) is 0 Å². The number of carbonyl (C=O) groups is 1. The zero-order valence-corrected chi connectivity index (χ0v) is 15.4. The third-order valence-corrected chi connectivity index (χ3v) is 4.36. The van der Waals surface area contributed by atoms with Gasteiger partial charge in [0.25, 0.3) is 5.91 Å². The van der Waals surface area contributed by atoms with Gasteiger partial charge in [-0.15, -0.1) is 0 Å². The fraction of sp³-hybridized carbons (Fsp3) is 0.211. The van der Waals surface area contributed by atoms with Gasteiger partial charge in [0.2, 0.25) is 0 Å². The standard InChI is InChI=1S/C19H20ClN5O/c1-12-6-18(21)24-13(2)17(12)9-22-19(26)15-8-23-25(11-15)10-14-4-3-5-16(20)7-14/h3-8,11H,9-10H2,1-2H3,(H2,21,24)(H,22,26). The lowest BCUT2D eigenvalue weighted by molar-refractivity contribution is 0.0950. The summed E-state index contributed by atoms with van der Waals surface area (Å²) in [5.74, 6) is 0.301. The molecule has 0 unspecified atom stereocenters. The highest BCUT2D eigenvalue weighted by Crippen LogP contribution is 2.15. The number of hydrogen-bond acceptors (Lipinski definition) is 4. The number of nitrogen functional groups attached to an aromatic ring is 1. The molecule has 0 fully saturated rings. The van der Waals surface area contributed by atoms with Crippen molar-refractivity contribution in [3.8, 4) is 0 Å². The van der Waals surface area contributed by atoms with Gasteiger partial charge in [0.15, 0.2) is 0 Å². The van der Waals surface area contributed by atoms with E-state index in [1.807, 2.05) is 38.1 Å². The summed E-state index contributed by atoms with van der Waals surface area (Å²) in [7, 11) is 0. The molecule has 0 aliphatic rings. The minimum atomic E-state index is -0.182. The van der Waals surface area contributed by atoms with Gasteiger partial charge in [0, 0.05) is 23.5 Å². The SMILES string of the molecule is Cc1cc(N)nc(C)c1CNC(=O)c1cnn(Cc2cccc(Cl)c2)c1. The molecule has 1 amide bonds. The number of pyridine rings is 1. The first kappa shape index (κ1) is 17.9. The zero-order chi connectivity index (χ0) is 18.7. The summed E-state index contributed by atoms with van der Waals surface area (Å²) in [6.07, 6.45) is 3.28. The van der Waals surface area contributed by atoms with Crippen molar-refractivity contribution in [3.05, 3.63) is 75.7 Å². The summed E-state index contributed by atoms with van der Waals surface area (Å²) in [4.78, 5) is 16.6. The first-order chi connectivity index (χ1) is 12.4. The topological polar surface area (TPSA) is 85.8 Å². The Morgan fingerprint density at radius 1 is 1.31 bits per heavy atom. The lowest BCUT2D eigenvalue weighted by atomic mass is 10.1. The van der Waals surface area contributed by atoms with E-state index >= 15 is 0 Å². The van der Waals surface area contributed by atoms with Crippen LogP contribution in [0.2, 0.25) is 5.02 Å². The first-order valence-corrected chi connectivity index (χ1v) is 8.58. The molecule has 134 valence electrons. The van der Waals surface area contributed by atoms with Crippen LogP contribution in [0.15, 0.2) is 42.7 Å². The Hall–Kier alpha value is -2.86. The molecule has 0 spiro atoms. The lowest BCUT2D eigenvalue weighted by Crippen LogP contribution is -2.23. The normalized spacial score (nSPS) is 10.7. The van der Waals surface area contributed by atoms with Crippen LogP contribution in [0.1, 0.15) is 32.7 Å². The van der Waals surface area contributed by atoms with Crippen molar-refractivity contribution in [2.24, 2.45) is 0 Å². The molecule has 0 radical (unpaired) electrons. The highest BCUT2D eigenvalue weighted by molar-refractivity contribution is 6.30. The van der Waals surface area contributed by atoms with Gasteiger partial charge in [0.05, 0.1) is 18.3 Å². The Kier molecular flexibility index (Phi) is 5.23. The van der Waals surface area contributed by atoms with Gasteiger partial charge < -0.3 is 11.1 Å². The Morgan fingerprint density at radius 3 is 2.85 bits per heavy atom. The van der Waals surface area contributed by atoms with Gasteiger partial charge in [-0.3, -0.25) is 9.48 Å². The Balaban J connectivity index is 1.65. The van der Waals surface area contributed by atoms with Gasteiger partial charge in [-0.05, 0) is 48.7 Å². The molecule has 0 aliphatic heterocycles. The fourth-order valence-corrected chi connectivity index (χ4v) is 3.03. The third kappa shape index (κ3) is 4.21. The molecular weight excluding hydrogens is 350 g/mol. The largest absolute Gasteiger partial charge is 0.384 e. The molecule has 1 aromatic carbocycles. The predicted molar refractivity (Wildman–Crippen MR) is 102 cm³/mol. The molecule has 0 atom stereocenters. The molecule has 3 aromatic rings. The minimum absolute atomic E-state index is 0.182. The van der Waals surface area contributed by atoms with Crippen molar-refractivity contribution in [3.63, 3.8) is 0 Å². The number of nitrogens with one attached hydrogen (secondary N) is 1. The second-order valence-electron chi connectivity index (χ2n) is 6.17. The van der Waals surface area contributed by atoms with Gasteiger partial charge in [0.1, 0.15) is 5.82 Å². The number of carbonyl (C=O) groups excluding carboxylic acids is 1. The zero-order valence-electron chi connectivity index (χ0n) is 14.7. The van der Waals surface area contributed by atoms with Crippen LogP contribution < -0.4 is 11.1 Å². The van der Waals surface area contributed by atoms with Crippen LogP contribution in [-0.2, 0) is 13.1 Å². The summed E-state index contributed by atoms with van der Waals surface area (Å²) in [5, 5.41) is 7.83. The molecular formula is C19H20ClN5O. The number of rotatable bonds is 5. The molecule has 3 rings (SSSR count). The van der Waals surface area contributed by atoms with Gasteiger partial charge in [-0.25, -0.2) is 4.98 Å². The summed E-state index contributed by atoms with van der Waals surface area (Å²) < 4.78 is 1.71. The van der Waals surface area contributed by atoms with E-state index in [2.05, 4.69) is 15.4 Å². The number of anilines is 1. The average molecular weight is 370 g/mol. The molecule has 7 heteroatoms. The molecule has 0 saturated carbocycles. The predicted octanol–water partition coefficient (Wildman–Crippen LogP) is 3.11. The Labute approximate surface area is 157 Å². The van der Waals surface area contributed by atoms with Crippen molar-refractivity contribution < 1.29 is 4.79 Å². The van der Waals surface area contributed by atoms with E-state index in [9.17, 15) is 4.79 Å². The van der Waals surface area contributed by atoms with Crippen molar-refractivity contribution >= 4 is 23.3 Å². The van der Waals surface area contributed by atoms with Crippen LogP contribution >= 0.6 is 11.6 Å². The Morgan fingerprint density at radius 2 is 2.12 bits per heavy atom. The number of hydrogen-bond donors (Lipinski definition) is 2. The molecule has 0 bridgehead atoms. The van der Waals surface area contributed by atoms with Crippen LogP contribution in [-0.4, -0.2) is 20.7 Å². The van der Waals surface area contributed by atoms with E-state index in [-0.39, 0.29) is 5.91 Å². The van der Waals surface area contributed by atoms with Crippen molar-refractivity contribution in [1.82, 2.24) is 20.1 Å². The third-order valence-electron chi connectivity index (χ3n) is 4.13. The molecule has 0 aliphatic carbocycles. The number of aromatic nitrogens is 3. The van der Waals surface area contributed by atoms with Gasteiger partial charge in [-0.2, -0.15) is 5.10 Å². The molecule has 2 aromatic heterocycles. The fourth-order valence-electron chi connectivity index (χ4n) is 2.82. The van der Waals surface area contributed by atoms with E-state index in [0.29, 0.717) is 29.5 Å². The maximum Gasteiger partial charge on any atom is 0.254 e. The van der Waals surface area contributed by atoms with Crippen LogP contribution in [0.4, 0.5) is 5.82 Å². The van der Waals surface area contributed by atoms with E-state index < -0.39 is 0 Å². The second-order valence-corrected chi connectivity index (χ2v) is 6.60. The minimum Gasteiger partial charge on any atom is -0.384 e. The first-order valence-electron chi connectivity index (χ1n) is 8.20. The second kappa shape index (κ2) is 7.58. The number of amides is 1. The quantitative estimate of drug-likeness (QED) is 0.723.